The smallest absolute Gasteiger partial charge is 0.301 e. The predicted molar refractivity (Wildman–Crippen MR) is 67.7 cm³/mol. The highest BCUT2D eigenvalue weighted by Crippen LogP contribution is 2.37. The first kappa shape index (κ1) is 11.8. The third kappa shape index (κ3) is 1.89. The van der Waals surface area contributed by atoms with Gasteiger partial charge in [-0.25, -0.2) is 4.39 Å². The summed E-state index contributed by atoms with van der Waals surface area (Å²) in [6.45, 7) is 0. The van der Waals surface area contributed by atoms with Crippen LogP contribution in [0.15, 0.2) is 54.7 Å². The number of nitrogens with one attached hydrogen (secondary N) is 1. The summed E-state index contributed by atoms with van der Waals surface area (Å²) in [4.78, 5) is 2.93. The zero-order valence-corrected chi connectivity index (χ0v) is 9.83. The topological polar surface area (TPSA) is 15.8 Å². The van der Waals surface area contributed by atoms with Gasteiger partial charge < -0.3 is 4.98 Å². The molecule has 0 fully saturated rings. The molecule has 0 atom stereocenters. The Morgan fingerprint density at radius 2 is 1.74 bits per heavy atom. The van der Waals surface area contributed by atoms with E-state index in [1.54, 1.807) is 18.3 Å². The molecule has 1 aromatic heterocycles. The molecule has 3 rings (SSSR count). The van der Waals surface area contributed by atoms with Gasteiger partial charge in [-0.1, -0.05) is 18.2 Å². The minimum absolute atomic E-state index is 0.218. The Morgan fingerprint density at radius 3 is 2.53 bits per heavy atom. The van der Waals surface area contributed by atoms with Crippen molar-refractivity contribution in [1.82, 2.24) is 4.98 Å². The van der Waals surface area contributed by atoms with Gasteiger partial charge in [0.25, 0.3) is 0 Å². The Labute approximate surface area is 107 Å². The number of benzene rings is 2. The molecule has 96 valence electrons. The molecule has 2 aromatic carbocycles. The lowest BCUT2D eigenvalue weighted by Gasteiger charge is -2.18. The number of aromatic nitrogens is 1. The second kappa shape index (κ2) is 4.16. The van der Waals surface area contributed by atoms with Gasteiger partial charge >= 0.3 is 5.92 Å². The Hall–Kier alpha value is -2.23. The fourth-order valence-electron chi connectivity index (χ4n) is 2.12. The van der Waals surface area contributed by atoms with Crippen molar-refractivity contribution < 1.29 is 13.2 Å². The number of hydrogen-bond acceptors (Lipinski definition) is 0. The number of H-pyrrole nitrogens is 1. The van der Waals surface area contributed by atoms with Crippen molar-refractivity contribution >= 4 is 10.9 Å². The maximum atomic E-state index is 14.3. The molecule has 0 saturated heterocycles. The summed E-state index contributed by atoms with van der Waals surface area (Å²) in [6.07, 6.45) is 1.68. The van der Waals surface area contributed by atoms with Gasteiger partial charge in [0.1, 0.15) is 5.82 Å². The van der Waals surface area contributed by atoms with E-state index in [0.29, 0.717) is 5.39 Å². The van der Waals surface area contributed by atoms with Crippen LogP contribution in [0.1, 0.15) is 11.1 Å². The Bertz CT molecular complexity index is 731. The number of hydrogen-bond donors (Lipinski definition) is 1. The van der Waals surface area contributed by atoms with E-state index in [0.717, 1.165) is 17.6 Å². The summed E-state index contributed by atoms with van der Waals surface area (Å²) in [7, 11) is 0. The quantitative estimate of drug-likeness (QED) is 0.701. The summed E-state index contributed by atoms with van der Waals surface area (Å²) in [5, 5.41) is 0.675. The Morgan fingerprint density at radius 1 is 0.947 bits per heavy atom. The third-order valence-electron chi connectivity index (χ3n) is 3.13. The van der Waals surface area contributed by atoms with Gasteiger partial charge in [-0.3, -0.25) is 0 Å². The summed E-state index contributed by atoms with van der Waals surface area (Å²) < 4.78 is 42.2. The molecule has 0 bridgehead atoms. The zero-order chi connectivity index (χ0) is 13.5. The van der Waals surface area contributed by atoms with Crippen molar-refractivity contribution in [3.8, 4) is 0 Å². The highest BCUT2D eigenvalue weighted by atomic mass is 19.3. The molecule has 1 nitrogen and oxygen atoms in total. The second-order valence-corrected chi connectivity index (χ2v) is 4.33. The average Bonchev–Trinajstić information content (AvgIpc) is 2.86. The first-order valence-electron chi connectivity index (χ1n) is 5.79. The van der Waals surface area contributed by atoms with E-state index < -0.39 is 17.3 Å². The molecule has 1 N–H and O–H groups in total. The molecule has 4 heteroatoms. The third-order valence-corrected chi connectivity index (χ3v) is 3.13. The van der Waals surface area contributed by atoms with Gasteiger partial charge in [-0.15, -0.1) is 0 Å². The Kier molecular flexibility index (Phi) is 2.59. The molecule has 0 radical (unpaired) electrons. The number of halogens is 3. The standard InChI is InChI=1S/C15H10F3N/c16-13-4-2-1-3-12(13)15(17,18)11-5-6-14-10(9-11)7-8-19-14/h1-9,19H. The van der Waals surface area contributed by atoms with Crippen molar-refractivity contribution in [2.75, 3.05) is 0 Å². The van der Waals surface area contributed by atoms with E-state index in [1.165, 1.54) is 24.3 Å². The van der Waals surface area contributed by atoms with Crippen LogP contribution in [0.25, 0.3) is 10.9 Å². The molecule has 1 heterocycles. The van der Waals surface area contributed by atoms with Crippen LogP contribution in [-0.2, 0) is 5.92 Å². The minimum Gasteiger partial charge on any atom is -0.361 e. The number of aromatic amines is 1. The lowest BCUT2D eigenvalue weighted by molar-refractivity contribution is 0.0390. The van der Waals surface area contributed by atoms with Crippen LogP contribution in [0.3, 0.4) is 0 Å². The van der Waals surface area contributed by atoms with Crippen molar-refractivity contribution in [3.63, 3.8) is 0 Å². The molecule has 0 amide bonds. The van der Waals surface area contributed by atoms with Gasteiger partial charge in [0.2, 0.25) is 0 Å². The molecule has 0 unspecified atom stereocenters. The number of rotatable bonds is 2. The normalized spacial score (nSPS) is 11.9. The van der Waals surface area contributed by atoms with E-state index >= 15 is 0 Å². The predicted octanol–water partition coefficient (Wildman–Crippen LogP) is 4.45. The highest BCUT2D eigenvalue weighted by Gasteiger charge is 2.36. The second-order valence-electron chi connectivity index (χ2n) is 4.33. The first-order chi connectivity index (χ1) is 9.09. The largest absolute Gasteiger partial charge is 0.361 e. The Balaban J connectivity index is 2.15. The van der Waals surface area contributed by atoms with Crippen molar-refractivity contribution in [1.29, 1.82) is 0 Å². The van der Waals surface area contributed by atoms with E-state index in [4.69, 9.17) is 0 Å². The van der Waals surface area contributed by atoms with Crippen molar-refractivity contribution in [2.24, 2.45) is 0 Å². The van der Waals surface area contributed by atoms with Crippen LogP contribution in [-0.4, -0.2) is 4.98 Å². The van der Waals surface area contributed by atoms with E-state index in [9.17, 15) is 13.2 Å². The summed E-state index contributed by atoms with van der Waals surface area (Å²) in [5.41, 5.74) is -0.0531. The molecular weight excluding hydrogens is 251 g/mol. The molecule has 0 aliphatic carbocycles. The van der Waals surface area contributed by atoms with Gasteiger partial charge in [0.15, 0.2) is 0 Å². The van der Waals surface area contributed by atoms with Gasteiger partial charge in [0.05, 0.1) is 5.56 Å². The first-order valence-corrected chi connectivity index (χ1v) is 5.79. The minimum atomic E-state index is -3.35. The van der Waals surface area contributed by atoms with Crippen LogP contribution in [0.5, 0.6) is 0 Å². The maximum absolute atomic E-state index is 14.3. The molecule has 0 aliphatic heterocycles. The summed E-state index contributed by atoms with van der Waals surface area (Å²) in [5.74, 6) is -4.25. The summed E-state index contributed by atoms with van der Waals surface area (Å²) in [6, 6.07) is 10.9. The molecule has 0 saturated carbocycles. The highest BCUT2D eigenvalue weighted by molar-refractivity contribution is 5.80. The fourth-order valence-corrected chi connectivity index (χ4v) is 2.12. The number of fused-ring (bicyclic) bond motifs is 1. The fraction of sp³-hybridized carbons (Fsp3) is 0.0667. The van der Waals surface area contributed by atoms with Gasteiger partial charge in [-0.2, -0.15) is 8.78 Å². The van der Waals surface area contributed by atoms with E-state index in [-0.39, 0.29) is 5.56 Å². The van der Waals surface area contributed by atoms with Gasteiger partial charge in [-0.05, 0) is 35.7 Å². The summed E-state index contributed by atoms with van der Waals surface area (Å²) >= 11 is 0. The molecule has 19 heavy (non-hydrogen) atoms. The monoisotopic (exact) mass is 261 g/mol. The maximum Gasteiger partial charge on any atom is 0.301 e. The van der Waals surface area contributed by atoms with Crippen LogP contribution < -0.4 is 0 Å². The van der Waals surface area contributed by atoms with Crippen LogP contribution >= 0.6 is 0 Å². The van der Waals surface area contributed by atoms with Crippen molar-refractivity contribution in [2.45, 2.75) is 5.92 Å². The molecule has 0 spiro atoms. The SMILES string of the molecule is Fc1ccccc1C(F)(F)c1ccc2[nH]ccc2c1. The van der Waals surface area contributed by atoms with Crippen LogP contribution in [0, 0.1) is 5.82 Å². The lowest BCUT2D eigenvalue weighted by atomic mass is 9.99. The zero-order valence-electron chi connectivity index (χ0n) is 9.83. The molecule has 3 aromatic rings. The molecular formula is C15H10F3N. The van der Waals surface area contributed by atoms with Crippen molar-refractivity contribution in [3.05, 3.63) is 71.7 Å². The van der Waals surface area contributed by atoms with E-state index in [1.807, 2.05) is 0 Å². The molecule has 0 aliphatic rings. The van der Waals surface area contributed by atoms with Crippen LogP contribution in [0.2, 0.25) is 0 Å². The van der Waals surface area contributed by atoms with E-state index in [2.05, 4.69) is 4.98 Å². The average molecular weight is 261 g/mol. The lowest BCUT2D eigenvalue weighted by Crippen LogP contribution is -2.17. The van der Waals surface area contributed by atoms with Gasteiger partial charge in [0, 0.05) is 17.3 Å². The van der Waals surface area contributed by atoms with Crippen LogP contribution in [0.4, 0.5) is 13.2 Å². The number of alkyl halides is 2.